The van der Waals surface area contributed by atoms with Gasteiger partial charge in [-0.05, 0) is 40.0 Å². The van der Waals surface area contributed by atoms with Crippen LogP contribution in [0, 0.1) is 0 Å². The maximum atomic E-state index is 12.7. The van der Waals surface area contributed by atoms with E-state index in [2.05, 4.69) is 13.8 Å². The van der Waals surface area contributed by atoms with Crippen LogP contribution in [0.5, 0.6) is 0 Å². The SMILES string of the molecule is CC1CCCC(C)N1C(=O)N1C(C)SCC1C(=O)O. The first kappa shape index (κ1) is 14.5. The van der Waals surface area contributed by atoms with Crippen LogP contribution in [0.1, 0.15) is 40.0 Å². The molecule has 0 saturated carbocycles. The number of carboxylic acids is 1. The van der Waals surface area contributed by atoms with Crippen LogP contribution in [0.25, 0.3) is 0 Å². The molecule has 0 aliphatic carbocycles. The normalized spacial score (nSPS) is 35.5. The van der Waals surface area contributed by atoms with Crippen LogP contribution in [0.3, 0.4) is 0 Å². The Balaban J connectivity index is 2.19. The van der Waals surface area contributed by atoms with Crippen molar-refractivity contribution in [2.45, 2.75) is 63.5 Å². The van der Waals surface area contributed by atoms with E-state index in [1.807, 2.05) is 11.8 Å². The number of carboxylic acid groups (broad SMARTS) is 1. The van der Waals surface area contributed by atoms with Crippen molar-refractivity contribution in [2.75, 3.05) is 5.75 Å². The van der Waals surface area contributed by atoms with E-state index < -0.39 is 12.0 Å². The van der Waals surface area contributed by atoms with Gasteiger partial charge in [0.1, 0.15) is 6.04 Å². The van der Waals surface area contributed by atoms with E-state index in [0.29, 0.717) is 5.75 Å². The number of hydrogen-bond donors (Lipinski definition) is 1. The van der Waals surface area contributed by atoms with Gasteiger partial charge in [-0.1, -0.05) is 0 Å². The third-order valence-corrected chi connectivity index (χ3v) is 5.36. The van der Waals surface area contributed by atoms with Crippen LogP contribution in [-0.2, 0) is 4.79 Å². The second-order valence-electron chi connectivity index (χ2n) is 5.51. The highest BCUT2D eigenvalue weighted by Crippen LogP contribution is 2.32. The van der Waals surface area contributed by atoms with Crippen molar-refractivity contribution in [1.29, 1.82) is 0 Å². The van der Waals surface area contributed by atoms with E-state index in [0.717, 1.165) is 19.3 Å². The standard InChI is InChI=1S/C13H22N2O3S/c1-8-5-4-6-9(2)14(8)13(18)15-10(3)19-7-11(15)12(16)17/h8-11H,4-7H2,1-3H3,(H,16,17). The zero-order valence-electron chi connectivity index (χ0n) is 11.7. The Kier molecular flexibility index (Phi) is 4.28. The van der Waals surface area contributed by atoms with E-state index in [9.17, 15) is 14.7 Å². The Bertz CT molecular complexity index is 367. The quantitative estimate of drug-likeness (QED) is 0.803. The largest absolute Gasteiger partial charge is 0.480 e. The third-order valence-electron chi connectivity index (χ3n) is 4.14. The van der Waals surface area contributed by atoms with Crippen molar-refractivity contribution in [1.82, 2.24) is 9.80 Å². The lowest BCUT2D eigenvalue weighted by Gasteiger charge is -2.42. The molecule has 5 nitrogen and oxygen atoms in total. The fourth-order valence-corrected chi connectivity index (χ4v) is 4.22. The van der Waals surface area contributed by atoms with Gasteiger partial charge in [0.25, 0.3) is 0 Å². The van der Waals surface area contributed by atoms with Crippen LogP contribution < -0.4 is 0 Å². The maximum absolute atomic E-state index is 12.7. The zero-order valence-corrected chi connectivity index (χ0v) is 12.5. The number of carbonyl (C=O) groups is 2. The Hall–Kier alpha value is -0.910. The van der Waals surface area contributed by atoms with Crippen molar-refractivity contribution in [3.63, 3.8) is 0 Å². The van der Waals surface area contributed by atoms with Gasteiger partial charge >= 0.3 is 12.0 Å². The summed E-state index contributed by atoms with van der Waals surface area (Å²) in [4.78, 5) is 27.4. The number of nitrogens with zero attached hydrogens (tertiary/aromatic N) is 2. The number of carbonyl (C=O) groups excluding carboxylic acids is 1. The fourth-order valence-electron chi connectivity index (χ4n) is 3.06. The Morgan fingerprint density at radius 2 is 1.68 bits per heavy atom. The lowest BCUT2D eigenvalue weighted by atomic mass is 9.98. The first-order chi connectivity index (χ1) is 8.93. The summed E-state index contributed by atoms with van der Waals surface area (Å²) >= 11 is 1.53. The fraction of sp³-hybridized carbons (Fsp3) is 0.846. The van der Waals surface area contributed by atoms with E-state index in [4.69, 9.17) is 0 Å². The van der Waals surface area contributed by atoms with E-state index in [1.165, 1.54) is 11.8 Å². The van der Waals surface area contributed by atoms with Crippen LogP contribution in [0.4, 0.5) is 4.79 Å². The van der Waals surface area contributed by atoms with E-state index in [1.54, 1.807) is 4.90 Å². The molecule has 2 heterocycles. The molecule has 2 saturated heterocycles. The Morgan fingerprint density at radius 1 is 1.11 bits per heavy atom. The highest BCUT2D eigenvalue weighted by Gasteiger charge is 2.43. The number of piperidine rings is 1. The number of thioether (sulfide) groups is 1. The minimum absolute atomic E-state index is 0.0603. The van der Waals surface area contributed by atoms with Gasteiger partial charge in [-0.2, -0.15) is 0 Å². The monoisotopic (exact) mass is 286 g/mol. The van der Waals surface area contributed by atoms with Gasteiger partial charge in [0, 0.05) is 17.8 Å². The van der Waals surface area contributed by atoms with Gasteiger partial charge in [-0.3, -0.25) is 4.90 Å². The van der Waals surface area contributed by atoms with Gasteiger partial charge in [0.15, 0.2) is 0 Å². The minimum atomic E-state index is -0.900. The van der Waals surface area contributed by atoms with Crippen LogP contribution in [0.2, 0.25) is 0 Å². The van der Waals surface area contributed by atoms with Crippen molar-refractivity contribution < 1.29 is 14.7 Å². The van der Waals surface area contributed by atoms with Crippen molar-refractivity contribution in [3.8, 4) is 0 Å². The molecule has 4 atom stereocenters. The molecule has 108 valence electrons. The van der Waals surface area contributed by atoms with E-state index >= 15 is 0 Å². The molecule has 1 N–H and O–H groups in total. The van der Waals surface area contributed by atoms with Gasteiger partial charge in [0.05, 0.1) is 5.37 Å². The summed E-state index contributed by atoms with van der Waals surface area (Å²) in [5.41, 5.74) is 0. The molecular weight excluding hydrogens is 264 g/mol. The summed E-state index contributed by atoms with van der Waals surface area (Å²) in [5, 5.41) is 9.19. The lowest BCUT2D eigenvalue weighted by molar-refractivity contribution is -0.141. The first-order valence-electron chi connectivity index (χ1n) is 6.88. The third kappa shape index (κ3) is 2.68. The molecule has 0 aromatic heterocycles. The molecule has 0 aromatic rings. The molecule has 2 fully saturated rings. The number of amides is 2. The van der Waals surface area contributed by atoms with E-state index in [-0.39, 0.29) is 23.5 Å². The number of urea groups is 1. The number of hydrogen-bond acceptors (Lipinski definition) is 3. The molecule has 0 aromatic carbocycles. The summed E-state index contributed by atoms with van der Waals surface area (Å²) in [7, 11) is 0. The van der Waals surface area contributed by atoms with Crippen LogP contribution >= 0.6 is 11.8 Å². The predicted octanol–water partition coefficient (Wildman–Crippen LogP) is 2.22. The number of rotatable bonds is 1. The smallest absolute Gasteiger partial charge is 0.327 e. The second kappa shape index (κ2) is 5.61. The molecule has 6 heteroatoms. The molecule has 0 radical (unpaired) electrons. The molecule has 0 spiro atoms. The molecule has 2 aliphatic heterocycles. The van der Waals surface area contributed by atoms with Gasteiger partial charge in [0.2, 0.25) is 0 Å². The number of aliphatic carboxylic acids is 1. The average molecular weight is 286 g/mol. The molecule has 19 heavy (non-hydrogen) atoms. The summed E-state index contributed by atoms with van der Waals surface area (Å²) in [5.74, 6) is -0.415. The maximum Gasteiger partial charge on any atom is 0.327 e. The highest BCUT2D eigenvalue weighted by molar-refractivity contribution is 8.00. The second-order valence-corrected chi connectivity index (χ2v) is 6.86. The van der Waals surface area contributed by atoms with Crippen LogP contribution in [0.15, 0.2) is 0 Å². The molecule has 2 amide bonds. The molecule has 4 unspecified atom stereocenters. The van der Waals surface area contributed by atoms with Gasteiger partial charge in [-0.25, -0.2) is 9.59 Å². The summed E-state index contributed by atoms with van der Waals surface area (Å²) in [6.45, 7) is 6.01. The molecule has 2 aliphatic rings. The Morgan fingerprint density at radius 3 is 2.21 bits per heavy atom. The summed E-state index contributed by atoms with van der Waals surface area (Å²) < 4.78 is 0. The topological polar surface area (TPSA) is 60.9 Å². The van der Waals surface area contributed by atoms with Crippen molar-refractivity contribution in [3.05, 3.63) is 0 Å². The summed E-state index contributed by atoms with van der Waals surface area (Å²) in [6, 6.07) is -0.398. The molecular formula is C13H22N2O3S. The molecule has 0 bridgehead atoms. The molecule has 2 rings (SSSR count). The van der Waals surface area contributed by atoms with Crippen molar-refractivity contribution >= 4 is 23.8 Å². The first-order valence-corrected chi connectivity index (χ1v) is 7.93. The van der Waals surface area contributed by atoms with Gasteiger partial charge in [-0.15, -0.1) is 11.8 Å². The minimum Gasteiger partial charge on any atom is -0.480 e. The van der Waals surface area contributed by atoms with Crippen LogP contribution in [-0.4, -0.2) is 56.2 Å². The number of likely N-dealkylation sites (tertiary alicyclic amines) is 1. The summed E-state index contributed by atoms with van der Waals surface area (Å²) in [6.07, 6.45) is 3.14. The highest BCUT2D eigenvalue weighted by atomic mass is 32.2. The Labute approximate surface area is 118 Å². The van der Waals surface area contributed by atoms with Gasteiger partial charge < -0.3 is 10.0 Å². The lowest BCUT2D eigenvalue weighted by Crippen LogP contribution is -2.57. The average Bonchev–Trinajstić information content (AvgIpc) is 2.70. The zero-order chi connectivity index (χ0) is 14.2. The predicted molar refractivity (Wildman–Crippen MR) is 75.2 cm³/mol. The van der Waals surface area contributed by atoms with Crippen molar-refractivity contribution in [2.24, 2.45) is 0 Å².